The summed E-state index contributed by atoms with van der Waals surface area (Å²) in [5.41, 5.74) is 7.51. The third-order valence-corrected chi connectivity index (χ3v) is 7.57. The van der Waals surface area contributed by atoms with Crippen LogP contribution < -0.4 is 20.1 Å². The van der Waals surface area contributed by atoms with E-state index in [2.05, 4.69) is 19.8 Å². The van der Waals surface area contributed by atoms with Crippen molar-refractivity contribution in [1.29, 1.82) is 0 Å². The number of carbonyl (C=O) groups is 1. The van der Waals surface area contributed by atoms with Crippen molar-refractivity contribution in [1.82, 2.24) is 14.9 Å². The normalized spacial score (nSPS) is 19.5. The Hall–Kier alpha value is -2.78. The summed E-state index contributed by atoms with van der Waals surface area (Å²) in [5, 5.41) is 0.259. The number of nitrogens with two attached hydrogens (primary N) is 1. The summed E-state index contributed by atoms with van der Waals surface area (Å²) in [6.07, 6.45) is 7.78. The highest BCUT2D eigenvalue weighted by Crippen LogP contribution is 2.43. The van der Waals surface area contributed by atoms with Gasteiger partial charge in [0.1, 0.15) is 24.6 Å². The van der Waals surface area contributed by atoms with Gasteiger partial charge in [-0.1, -0.05) is 11.6 Å². The molecule has 2 aromatic rings. The van der Waals surface area contributed by atoms with Gasteiger partial charge < -0.3 is 29.7 Å². The first-order valence-electron chi connectivity index (χ1n) is 12.3. The maximum atomic E-state index is 12.8. The van der Waals surface area contributed by atoms with Gasteiger partial charge in [-0.15, -0.1) is 0 Å². The molecule has 2 fully saturated rings. The number of aromatic nitrogens is 2. The Morgan fingerprint density at radius 1 is 1.09 bits per heavy atom. The lowest BCUT2D eigenvalue weighted by molar-refractivity contribution is 0.0324. The van der Waals surface area contributed by atoms with Gasteiger partial charge in [0.05, 0.1) is 23.0 Å². The summed E-state index contributed by atoms with van der Waals surface area (Å²) in [5.74, 6) is 1.54. The fourth-order valence-electron chi connectivity index (χ4n) is 5.26. The van der Waals surface area contributed by atoms with E-state index < -0.39 is 5.97 Å². The van der Waals surface area contributed by atoms with Gasteiger partial charge in [-0.05, 0) is 57.7 Å². The van der Waals surface area contributed by atoms with Gasteiger partial charge in [-0.25, -0.2) is 9.78 Å². The van der Waals surface area contributed by atoms with E-state index in [0.29, 0.717) is 43.3 Å². The van der Waals surface area contributed by atoms with Crippen LogP contribution in [0.1, 0.15) is 41.7 Å². The molecular formula is C25H32ClN5O4. The molecule has 5 rings (SSSR count). The Kier molecular flexibility index (Phi) is 7.15. The maximum Gasteiger partial charge on any atom is 0.342 e. The van der Waals surface area contributed by atoms with Crippen LogP contribution >= 0.6 is 11.6 Å². The van der Waals surface area contributed by atoms with Gasteiger partial charge in [-0.3, -0.25) is 4.98 Å². The molecule has 1 aromatic carbocycles. The van der Waals surface area contributed by atoms with Crippen LogP contribution in [0.3, 0.4) is 0 Å². The van der Waals surface area contributed by atoms with E-state index >= 15 is 0 Å². The monoisotopic (exact) mass is 501 g/mol. The molecule has 0 atom stereocenters. The number of nitrogens with zero attached hydrogens (tertiary/aromatic N) is 4. The van der Waals surface area contributed by atoms with E-state index in [1.165, 1.54) is 6.07 Å². The second kappa shape index (κ2) is 10.5. The minimum Gasteiger partial charge on any atom is -0.485 e. The van der Waals surface area contributed by atoms with E-state index in [1.807, 2.05) is 6.92 Å². The summed E-state index contributed by atoms with van der Waals surface area (Å²) >= 11 is 6.20. The largest absolute Gasteiger partial charge is 0.485 e. The van der Waals surface area contributed by atoms with Crippen LogP contribution in [0.2, 0.25) is 5.02 Å². The fourth-order valence-corrected chi connectivity index (χ4v) is 5.45. The lowest BCUT2D eigenvalue weighted by Gasteiger charge is -2.42. The molecule has 3 aliphatic heterocycles. The van der Waals surface area contributed by atoms with Gasteiger partial charge in [0.25, 0.3) is 0 Å². The second-order valence-corrected chi connectivity index (χ2v) is 9.84. The van der Waals surface area contributed by atoms with E-state index in [0.717, 1.165) is 63.4 Å². The number of halogens is 1. The summed E-state index contributed by atoms with van der Waals surface area (Å²) in [6.45, 7) is 7.17. The molecule has 4 heterocycles. The van der Waals surface area contributed by atoms with Gasteiger partial charge in [0, 0.05) is 31.5 Å². The molecule has 3 aliphatic rings. The molecule has 0 bridgehead atoms. The highest BCUT2D eigenvalue weighted by molar-refractivity contribution is 6.34. The fraction of sp³-hybridized carbons (Fsp3) is 0.560. The predicted molar refractivity (Wildman–Crippen MR) is 133 cm³/mol. The molecule has 0 aliphatic carbocycles. The van der Waals surface area contributed by atoms with Gasteiger partial charge in [0.15, 0.2) is 11.5 Å². The van der Waals surface area contributed by atoms with E-state index in [1.54, 1.807) is 12.4 Å². The standard InChI is InChI=1S/C25H32ClN5O4/c1-16-24(29-7-6-28-16)31-10-4-18(5-11-31)30-8-2-17(3-9-30)15-35-25(32)19-14-20(26)21(27)23-22(19)33-12-13-34-23/h6-7,14,17-18H,2-5,8-13,15,27H2,1H3. The molecule has 0 unspecified atom stereocenters. The van der Waals surface area contributed by atoms with Crippen LogP contribution in [-0.4, -0.2) is 72.9 Å². The molecule has 0 saturated carbocycles. The quantitative estimate of drug-likeness (QED) is 0.488. The van der Waals surface area contributed by atoms with Crippen LogP contribution in [-0.2, 0) is 4.74 Å². The SMILES string of the molecule is Cc1nccnc1N1CCC(N2CCC(COC(=O)c3cc(Cl)c(N)c4c3OCCO4)CC2)CC1. The number of benzene rings is 1. The Morgan fingerprint density at radius 2 is 1.77 bits per heavy atom. The summed E-state index contributed by atoms with van der Waals surface area (Å²) in [6, 6.07) is 2.09. The third kappa shape index (κ3) is 5.11. The van der Waals surface area contributed by atoms with Gasteiger partial charge in [0.2, 0.25) is 0 Å². The number of hydrogen-bond acceptors (Lipinski definition) is 9. The zero-order chi connectivity index (χ0) is 24.4. The predicted octanol–water partition coefficient (Wildman–Crippen LogP) is 3.33. The smallest absolute Gasteiger partial charge is 0.342 e. The molecule has 0 spiro atoms. The van der Waals surface area contributed by atoms with Gasteiger partial charge >= 0.3 is 5.97 Å². The molecular weight excluding hydrogens is 470 g/mol. The zero-order valence-corrected chi connectivity index (χ0v) is 20.8. The average molecular weight is 502 g/mol. The molecule has 188 valence electrons. The minimum atomic E-state index is -0.456. The first-order chi connectivity index (χ1) is 17.0. The van der Waals surface area contributed by atoms with Crippen LogP contribution in [0.15, 0.2) is 18.5 Å². The van der Waals surface area contributed by atoms with Crippen molar-refractivity contribution >= 4 is 29.1 Å². The number of aryl methyl sites for hydroxylation is 1. The highest BCUT2D eigenvalue weighted by Gasteiger charge is 2.31. The number of ether oxygens (including phenoxy) is 3. The Balaban J connectivity index is 1.10. The number of fused-ring (bicyclic) bond motifs is 1. The van der Waals surface area contributed by atoms with Crippen molar-refractivity contribution < 1.29 is 19.0 Å². The second-order valence-electron chi connectivity index (χ2n) is 9.44. The summed E-state index contributed by atoms with van der Waals surface area (Å²) in [4.78, 5) is 26.7. The minimum absolute atomic E-state index is 0.259. The van der Waals surface area contributed by atoms with Crippen molar-refractivity contribution in [2.45, 2.75) is 38.6 Å². The summed E-state index contributed by atoms with van der Waals surface area (Å²) in [7, 11) is 0. The molecule has 9 nitrogen and oxygen atoms in total. The number of rotatable bonds is 5. The Bertz CT molecular complexity index is 1070. The molecule has 0 radical (unpaired) electrons. The molecule has 0 amide bonds. The molecule has 2 saturated heterocycles. The van der Waals surface area contributed by atoms with Crippen molar-refractivity contribution in [2.24, 2.45) is 5.92 Å². The van der Waals surface area contributed by atoms with E-state index in [9.17, 15) is 4.79 Å². The number of piperidine rings is 2. The van der Waals surface area contributed by atoms with Crippen LogP contribution in [0.5, 0.6) is 11.5 Å². The van der Waals surface area contributed by atoms with Crippen LogP contribution in [0, 0.1) is 12.8 Å². The first kappa shape index (κ1) is 23.9. The number of esters is 1. The van der Waals surface area contributed by atoms with Crippen LogP contribution in [0.25, 0.3) is 0 Å². The number of carbonyl (C=O) groups excluding carboxylic acids is 1. The number of nitrogen functional groups attached to an aromatic ring is 1. The summed E-state index contributed by atoms with van der Waals surface area (Å²) < 4.78 is 16.9. The topological polar surface area (TPSA) is 103 Å². The van der Waals surface area contributed by atoms with Crippen molar-refractivity contribution in [3.8, 4) is 11.5 Å². The lowest BCUT2D eigenvalue weighted by Crippen LogP contribution is -2.48. The molecule has 35 heavy (non-hydrogen) atoms. The maximum absolute atomic E-state index is 12.8. The molecule has 1 aromatic heterocycles. The third-order valence-electron chi connectivity index (χ3n) is 7.25. The van der Waals surface area contributed by atoms with E-state index in [4.69, 9.17) is 31.5 Å². The highest BCUT2D eigenvalue weighted by atomic mass is 35.5. The molecule has 10 heteroatoms. The number of hydrogen-bond donors (Lipinski definition) is 1. The van der Waals surface area contributed by atoms with Crippen LogP contribution in [0.4, 0.5) is 11.5 Å². The lowest BCUT2D eigenvalue weighted by atomic mass is 9.94. The first-order valence-corrected chi connectivity index (χ1v) is 12.7. The van der Waals surface area contributed by atoms with Crippen molar-refractivity contribution in [3.05, 3.63) is 34.7 Å². The number of anilines is 2. The zero-order valence-electron chi connectivity index (χ0n) is 20.0. The van der Waals surface area contributed by atoms with Crippen molar-refractivity contribution in [2.75, 3.05) is 56.6 Å². The number of likely N-dealkylation sites (tertiary alicyclic amines) is 1. The van der Waals surface area contributed by atoms with E-state index in [-0.39, 0.29) is 16.3 Å². The Labute approximate surface area is 210 Å². The van der Waals surface area contributed by atoms with Gasteiger partial charge in [-0.2, -0.15) is 0 Å². The molecule has 2 N–H and O–H groups in total. The Morgan fingerprint density at radius 3 is 2.49 bits per heavy atom. The van der Waals surface area contributed by atoms with Crippen molar-refractivity contribution in [3.63, 3.8) is 0 Å². The average Bonchev–Trinajstić information content (AvgIpc) is 2.90.